The number of alkyl halides is 1. The van der Waals surface area contributed by atoms with E-state index in [1.54, 1.807) is 0 Å². The molecule has 0 aliphatic carbocycles. The van der Waals surface area contributed by atoms with Crippen LogP contribution in [-0.4, -0.2) is 27.0 Å². The number of nitrogens with zero attached hydrogens (tertiary/aromatic N) is 3. The van der Waals surface area contributed by atoms with E-state index >= 15 is 0 Å². The molecule has 1 atom stereocenters. The van der Waals surface area contributed by atoms with Crippen molar-refractivity contribution in [2.24, 2.45) is 0 Å². The monoisotopic (exact) mass is 357 g/mol. The molecule has 0 radical (unpaired) electrons. The van der Waals surface area contributed by atoms with Crippen molar-refractivity contribution < 1.29 is 4.74 Å². The Morgan fingerprint density at radius 1 is 1.20 bits per heavy atom. The Balaban J connectivity index is 1.90. The lowest BCUT2D eigenvalue weighted by Gasteiger charge is -2.16. The van der Waals surface area contributed by atoms with Gasteiger partial charge in [-0.05, 0) is 38.0 Å². The predicted octanol–water partition coefficient (Wildman–Crippen LogP) is 4.86. The molecule has 1 aromatic carbocycles. The van der Waals surface area contributed by atoms with Gasteiger partial charge in [-0.15, -0.1) is 11.6 Å². The first-order chi connectivity index (χ1) is 12.1. The fourth-order valence-corrected chi connectivity index (χ4v) is 3.13. The Morgan fingerprint density at radius 3 is 2.68 bits per heavy atom. The minimum absolute atomic E-state index is 0.151. The van der Waals surface area contributed by atoms with Gasteiger partial charge in [-0.1, -0.05) is 25.1 Å². The minimum Gasteiger partial charge on any atom is -0.493 e. The zero-order chi connectivity index (χ0) is 17.8. The first-order valence-electron chi connectivity index (χ1n) is 8.67. The number of fused-ring (bicyclic) bond motifs is 1. The minimum atomic E-state index is 0.151. The SMILES string of the molecule is Cc1nc(C(C)COc2ccccc2)c2ncn(CCCCl)c2c1C. The van der Waals surface area contributed by atoms with Crippen LogP contribution < -0.4 is 4.74 Å². The molecular weight excluding hydrogens is 334 g/mol. The van der Waals surface area contributed by atoms with E-state index in [1.165, 1.54) is 11.1 Å². The van der Waals surface area contributed by atoms with Gasteiger partial charge < -0.3 is 9.30 Å². The zero-order valence-corrected chi connectivity index (χ0v) is 15.8. The molecule has 3 rings (SSSR count). The molecule has 5 heteroatoms. The van der Waals surface area contributed by atoms with Gasteiger partial charge >= 0.3 is 0 Å². The van der Waals surface area contributed by atoms with Crippen LogP contribution in [0, 0.1) is 13.8 Å². The summed E-state index contributed by atoms with van der Waals surface area (Å²) in [5.74, 6) is 1.68. The standard InChI is InChI=1S/C20H24ClN3O/c1-14(12-25-17-8-5-4-6-9-17)18-19-20(15(2)16(3)23-18)24(13-22-19)11-7-10-21/h4-6,8-9,13-14H,7,10-12H2,1-3H3. The van der Waals surface area contributed by atoms with Crippen LogP contribution in [0.5, 0.6) is 5.75 Å². The highest BCUT2D eigenvalue weighted by molar-refractivity contribution is 6.17. The molecule has 0 fully saturated rings. The second-order valence-electron chi connectivity index (χ2n) is 6.41. The van der Waals surface area contributed by atoms with Gasteiger partial charge in [-0.25, -0.2) is 4.98 Å². The van der Waals surface area contributed by atoms with Crippen LogP contribution in [0.3, 0.4) is 0 Å². The number of pyridine rings is 1. The number of rotatable bonds is 7. The number of hydrogen-bond acceptors (Lipinski definition) is 3. The Kier molecular flexibility index (Phi) is 5.59. The van der Waals surface area contributed by atoms with Crippen molar-refractivity contribution in [1.29, 1.82) is 0 Å². The number of halogens is 1. The lowest BCUT2D eigenvalue weighted by molar-refractivity contribution is 0.294. The molecule has 25 heavy (non-hydrogen) atoms. The molecule has 1 unspecified atom stereocenters. The third-order valence-corrected chi connectivity index (χ3v) is 4.78. The quantitative estimate of drug-likeness (QED) is 0.567. The van der Waals surface area contributed by atoms with Crippen molar-refractivity contribution in [2.75, 3.05) is 12.5 Å². The third kappa shape index (κ3) is 3.79. The summed E-state index contributed by atoms with van der Waals surface area (Å²) in [4.78, 5) is 9.48. The van der Waals surface area contributed by atoms with Crippen molar-refractivity contribution in [1.82, 2.24) is 14.5 Å². The molecule has 0 saturated carbocycles. The fourth-order valence-electron chi connectivity index (χ4n) is 3.01. The normalized spacial score (nSPS) is 12.5. The molecule has 0 spiro atoms. The average Bonchev–Trinajstić information content (AvgIpc) is 3.06. The van der Waals surface area contributed by atoms with Gasteiger partial charge in [0.15, 0.2) is 0 Å². The highest BCUT2D eigenvalue weighted by atomic mass is 35.5. The largest absolute Gasteiger partial charge is 0.493 e. The van der Waals surface area contributed by atoms with E-state index in [0.717, 1.165) is 35.6 Å². The Labute approximate surface area is 153 Å². The van der Waals surface area contributed by atoms with Crippen molar-refractivity contribution in [3.05, 3.63) is 53.6 Å². The Hall–Kier alpha value is -2.07. The van der Waals surface area contributed by atoms with Gasteiger partial charge in [0.2, 0.25) is 0 Å². The number of ether oxygens (including phenoxy) is 1. The summed E-state index contributed by atoms with van der Waals surface area (Å²) >= 11 is 5.86. The second kappa shape index (κ2) is 7.87. The molecule has 0 bridgehead atoms. The molecule has 2 heterocycles. The lowest BCUT2D eigenvalue weighted by Crippen LogP contribution is -2.11. The van der Waals surface area contributed by atoms with Crippen LogP contribution in [0.2, 0.25) is 0 Å². The number of hydrogen-bond donors (Lipinski definition) is 0. The fraction of sp³-hybridized carbons (Fsp3) is 0.400. The van der Waals surface area contributed by atoms with E-state index in [0.29, 0.717) is 12.5 Å². The van der Waals surface area contributed by atoms with Gasteiger partial charge in [0.25, 0.3) is 0 Å². The molecule has 2 aromatic heterocycles. The summed E-state index contributed by atoms with van der Waals surface area (Å²) < 4.78 is 8.11. The van der Waals surface area contributed by atoms with Crippen LogP contribution in [0.25, 0.3) is 11.0 Å². The predicted molar refractivity (Wildman–Crippen MR) is 103 cm³/mol. The number of para-hydroxylation sites is 1. The maximum absolute atomic E-state index is 5.92. The van der Waals surface area contributed by atoms with E-state index in [4.69, 9.17) is 21.3 Å². The Morgan fingerprint density at radius 2 is 1.96 bits per heavy atom. The van der Waals surface area contributed by atoms with Gasteiger partial charge in [0, 0.05) is 24.0 Å². The lowest BCUT2D eigenvalue weighted by atomic mass is 10.0. The Bertz CT molecular complexity index is 845. The molecule has 0 saturated heterocycles. The van der Waals surface area contributed by atoms with Gasteiger partial charge in [-0.2, -0.15) is 0 Å². The van der Waals surface area contributed by atoms with Crippen molar-refractivity contribution >= 4 is 22.6 Å². The van der Waals surface area contributed by atoms with Crippen LogP contribution in [0.4, 0.5) is 0 Å². The van der Waals surface area contributed by atoms with E-state index in [1.807, 2.05) is 36.7 Å². The molecule has 132 valence electrons. The van der Waals surface area contributed by atoms with Gasteiger partial charge in [0.05, 0.1) is 24.1 Å². The van der Waals surface area contributed by atoms with E-state index in [9.17, 15) is 0 Å². The van der Waals surface area contributed by atoms with Crippen LogP contribution in [-0.2, 0) is 6.54 Å². The molecule has 0 aliphatic rings. The summed E-state index contributed by atoms with van der Waals surface area (Å²) in [5, 5.41) is 0. The molecular formula is C20H24ClN3O. The smallest absolute Gasteiger partial charge is 0.119 e. The summed E-state index contributed by atoms with van der Waals surface area (Å²) in [6.07, 6.45) is 2.83. The highest BCUT2D eigenvalue weighted by Crippen LogP contribution is 2.28. The number of imidazole rings is 1. The topological polar surface area (TPSA) is 39.9 Å². The van der Waals surface area contributed by atoms with E-state index < -0.39 is 0 Å². The maximum atomic E-state index is 5.92. The third-order valence-electron chi connectivity index (χ3n) is 4.51. The summed E-state index contributed by atoms with van der Waals surface area (Å²) in [5.41, 5.74) is 5.36. The molecule has 3 aromatic rings. The molecule has 0 N–H and O–H groups in total. The summed E-state index contributed by atoms with van der Waals surface area (Å²) in [6.45, 7) is 7.75. The van der Waals surface area contributed by atoms with Crippen LogP contribution in [0.15, 0.2) is 36.7 Å². The zero-order valence-electron chi connectivity index (χ0n) is 15.0. The van der Waals surface area contributed by atoms with E-state index in [-0.39, 0.29) is 5.92 Å². The first kappa shape index (κ1) is 17.7. The van der Waals surface area contributed by atoms with Crippen molar-refractivity contribution in [2.45, 2.75) is 39.7 Å². The van der Waals surface area contributed by atoms with Gasteiger partial charge in [-0.3, -0.25) is 4.98 Å². The molecule has 0 amide bonds. The van der Waals surface area contributed by atoms with Crippen molar-refractivity contribution in [3.63, 3.8) is 0 Å². The molecule has 0 aliphatic heterocycles. The summed E-state index contributed by atoms with van der Waals surface area (Å²) in [7, 11) is 0. The number of aromatic nitrogens is 3. The van der Waals surface area contributed by atoms with Crippen LogP contribution >= 0.6 is 11.6 Å². The van der Waals surface area contributed by atoms with E-state index in [2.05, 4.69) is 30.3 Å². The highest BCUT2D eigenvalue weighted by Gasteiger charge is 2.19. The van der Waals surface area contributed by atoms with Gasteiger partial charge in [0.1, 0.15) is 11.3 Å². The number of aryl methyl sites for hydroxylation is 3. The van der Waals surface area contributed by atoms with Crippen LogP contribution in [0.1, 0.15) is 36.2 Å². The number of benzene rings is 1. The summed E-state index contributed by atoms with van der Waals surface area (Å²) in [6, 6.07) is 9.88. The molecule has 4 nitrogen and oxygen atoms in total. The van der Waals surface area contributed by atoms with Crippen molar-refractivity contribution in [3.8, 4) is 5.75 Å². The first-order valence-corrected chi connectivity index (χ1v) is 9.21. The second-order valence-corrected chi connectivity index (χ2v) is 6.79. The maximum Gasteiger partial charge on any atom is 0.119 e. The average molecular weight is 358 g/mol.